The van der Waals surface area contributed by atoms with Crippen LogP contribution in [-0.2, 0) is 11.3 Å². The second-order valence-corrected chi connectivity index (χ2v) is 7.03. The van der Waals surface area contributed by atoms with Gasteiger partial charge >= 0.3 is 0 Å². The van der Waals surface area contributed by atoms with Gasteiger partial charge in [0.25, 0.3) is 0 Å². The van der Waals surface area contributed by atoms with Crippen LogP contribution in [0.25, 0.3) is 0 Å². The molecule has 118 valence electrons. The Bertz CT molecular complexity index is 415. The Labute approximate surface area is 136 Å². The summed E-state index contributed by atoms with van der Waals surface area (Å²) in [6.45, 7) is 1.46. The molecule has 1 aliphatic carbocycles. The third-order valence-electron chi connectivity index (χ3n) is 3.86. The van der Waals surface area contributed by atoms with E-state index in [0.29, 0.717) is 31.1 Å². The van der Waals surface area contributed by atoms with E-state index in [1.807, 2.05) is 36.0 Å². The molecule has 2 N–H and O–H groups in total. The minimum atomic E-state index is -0.458. The number of halogens is 1. The lowest BCUT2D eigenvalue weighted by Crippen LogP contribution is -2.40. The number of hydrogen-bond donors (Lipinski definition) is 2. The van der Waals surface area contributed by atoms with Gasteiger partial charge in [-0.1, -0.05) is 30.2 Å². The second-order valence-electron chi connectivity index (χ2n) is 5.52. The highest BCUT2D eigenvalue weighted by atomic mass is 35.5. The van der Waals surface area contributed by atoms with Gasteiger partial charge in [-0.3, -0.25) is 0 Å². The molecule has 0 aliphatic heterocycles. The maximum atomic E-state index is 9.98. The fraction of sp³-hybridized carbons (Fsp3) is 0.625. The summed E-state index contributed by atoms with van der Waals surface area (Å²) in [6.07, 6.45) is 5.48. The van der Waals surface area contributed by atoms with E-state index in [4.69, 9.17) is 16.3 Å². The Kier molecular flexibility index (Phi) is 7.34. The smallest absolute Gasteiger partial charge is 0.0897 e. The molecule has 3 atom stereocenters. The fourth-order valence-corrected chi connectivity index (χ4v) is 3.77. The van der Waals surface area contributed by atoms with E-state index >= 15 is 0 Å². The summed E-state index contributed by atoms with van der Waals surface area (Å²) in [5.74, 6) is 0. The van der Waals surface area contributed by atoms with Gasteiger partial charge < -0.3 is 15.2 Å². The van der Waals surface area contributed by atoms with Gasteiger partial charge in [-0.15, -0.1) is 0 Å². The van der Waals surface area contributed by atoms with Crippen LogP contribution >= 0.6 is 23.4 Å². The van der Waals surface area contributed by atoms with E-state index in [1.165, 1.54) is 19.3 Å². The molecule has 0 heterocycles. The van der Waals surface area contributed by atoms with Crippen LogP contribution in [0.1, 0.15) is 24.8 Å². The van der Waals surface area contributed by atoms with Gasteiger partial charge in [0.05, 0.1) is 19.3 Å². The zero-order chi connectivity index (χ0) is 15.1. The first kappa shape index (κ1) is 17.1. The SMILES string of the molecule is CSC1CCCC1NCC(O)COCc1ccc(Cl)cc1. The Morgan fingerprint density at radius 2 is 2.14 bits per heavy atom. The van der Waals surface area contributed by atoms with Crippen molar-refractivity contribution in [2.75, 3.05) is 19.4 Å². The molecule has 3 nitrogen and oxygen atoms in total. The van der Waals surface area contributed by atoms with Crippen LogP contribution in [0.3, 0.4) is 0 Å². The first-order valence-corrected chi connectivity index (χ1v) is 9.12. The molecule has 1 aliphatic rings. The molecule has 0 saturated heterocycles. The molecule has 1 fully saturated rings. The van der Waals surface area contributed by atoms with Crippen molar-refractivity contribution in [1.29, 1.82) is 0 Å². The number of nitrogens with one attached hydrogen (secondary N) is 1. The lowest BCUT2D eigenvalue weighted by atomic mass is 10.2. The molecule has 1 saturated carbocycles. The zero-order valence-corrected chi connectivity index (χ0v) is 14.0. The molecule has 5 heteroatoms. The molecule has 0 aromatic heterocycles. The Morgan fingerprint density at radius 1 is 1.38 bits per heavy atom. The molecule has 1 aromatic carbocycles. The molecular formula is C16H24ClNO2S. The van der Waals surface area contributed by atoms with Crippen molar-refractivity contribution in [1.82, 2.24) is 5.32 Å². The van der Waals surface area contributed by atoms with E-state index in [0.717, 1.165) is 10.6 Å². The van der Waals surface area contributed by atoms with E-state index in [9.17, 15) is 5.11 Å². The first-order valence-electron chi connectivity index (χ1n) is 7.45. The maximum Gasteiger partial charge on any atom is 0.0897 e. The van der Waals surface area contributed by atoms with Crippen molar-refractivity contribution in [3.63, 3.8) is 0 Å². The van der Waals surface area contributed by atoms with Gasteiger partial charge in [0, 0.05) is 22.9 Å². The standard InChI is InChI=1S/C16H24ClNO2S/c1-21-16-4-2-3-15(16)18-9-14(19)11-20-10-12-5-7-13(17)8-6-12/h5-8,14-16,18-19H,2-4,9-11H2,1H3. The molecule has 21 heavy (non-hydrogen) atoms. The molecule has 0 radical (unpaired) electrons. The van der Waals surface area contributed by atoms with E-state index < -0.39 is 6.10 Å². The van der Waals surface area contributed by atoms with Crippen molar-refractivity contribution in [2.24, 2.45) is 0 Å². The number of hydrogen-bond acceptors (Lipinski definition) is 4. The minimum Gasteiger partial charge on any atom is -0.389 e. The number of ether oxygens (including phenoxy) is 1. The van der Waals surface area contributed by atoms with E-state index in [1.54, 1.807) is 0 Å². The van der Waals surface area contributed by atoms with Crippen LogP contribution in [0.4, 0.5) is 0 Å². The van der Waals surface area contributed by atoms with Gasteiger partial charge in [-0.25, -0.2) is 0 Å². The molecule has 0 amide bonds. The summed E-state index contributed by atoms with van der Waals surface area (Å²) < 4.78 is 5.55. The van der Waals surface area contributed by atoms with Gasteiger partial charge in [-0.05, 0) is 36.8 Å². The number of aliphatic hydroxyl groups is 1. The highest BCUT2D eigenvalue weighted by molar-refractivity contribution is 7.99. The van der Waals surface area contributed by atoms with Gasteiger partial charge in [0.15, 0.2) is 0 Å². The Hall–Kier alpha value is -0.260. The van der Waals surface area contributed by atoms with Crippen molar-refractivity contribution < 1.29 is 9.84 Å². The third-order valence-corrected chi connectivity index (χ3v) is 5.28. The number of rotatable bonds is 8. The normalized spacial score (nSPS) is 23.4. The topological polar surface area (TPSA) is 41.5 Å². The van der Waals surface area contributed by atoms with Crippen LogP contribution in [0, 0.1) is 0 Å². The molecule has 0 bridgehead atoms. The van der Waals surface area contributed by atoms with Gasteiger partial charge in [0.1, 0.15) is 0 Å². The van der Waals surface area contributed by atoms with Crippen LogP contribution in [-0.4, -0.2) is 41.9 Å². The highest BCUT2D eigenvalue weighted by Gasteiger charge is 2.26. The lowest BCUT2D eigenvalue weighted by molar-refractivity contribution is 0.0277. The summed E-state index contributed by atoms with van der Waals surface area (Å²) in [6, 6.07) is 8.11. The van der Waals surface area contributed by atoms with Crippen LogP contribution < -0.4 is 5.32 Å². The fourth-order valence-electron chi connectivity index (χ4n) is 2.68. The van der Waals surface area contributed by atoms with Crippen molar-refractivity contribution in [2.45, 2.75) is 43.3 Å². The second kappa shape index (κ2) is 9.01. The first-order chi connectivity index (χ1) is 10.2. The Morgan fingerprint density at radius 3 is 2.86 bits per heavy atom. The zero-order valence-electron chi connectivity index (χ0n) is 12.4. The largest absolute Gasteiger partial charge is 0.389 e. The van der Waals surface area contributed by atoms with E-state index in [2.05, 4.69) is 11.6 Å². The van der Waals surface area contributed by atoms with Crippen molar-refractivity contribution >= 4 is 23.4 Å². The maximum absolute atomic E-state index is 9.98. The Balaban J connectivity index is 1.61. The highest BCUT2D eigenvalue weighted by Crippen LogP contribution is 2.28. The van der Waals surface area contributed by atoms with Crippen molar-refractivity contribution in [3.8, 4) is 0 Å². The summed E-state index contributed by atoms with van der Waals surface area (Å²) in [5, 5.41) is 14.9. The van der Waals surface area contributed by atoms with Crippen LogP contribution in [0.2, 0.25) is 5.02 Å². The van der Waals surface area contributed by atoms with E-state index in [-0.39, 0.29) is 0 Å². The molecule has 2 rings (SSSR count). The summed E-state index contributed by atoms with van der Waals surface area (Å²) in [4.78, 5) is 0. The van der Waals surface area contributed by atoms with Gasteiger partial charge in [-0.2, -0.15) is 11.8 Å². The van der Waals surface area contributed by atoms with Crippen LogP contribution in [0.5, 0.6) is 0 Å². The quantitative estimate of drug-likeness (QED) is 0.769. The van der Waals surface area contributed by atoms with Crippen molar-refractivity contribution in [3.05, 3.63) is 34.9 Å². The molecule has 3 unspecified atom stereocenters. The number of aliphatic hydroxyl groups excluding tert-OH is 1. The molecule has 0 spiro atoms. The molecule has 1 aromatic rings. The minimum absolute atomic E-state index is 0.353. The average molecular weight is 330 g/mol. The van der Waals surface area contributed by atoms with Gasteiger partial charge in [0.2, 0.25) is 0 Å². The molecular weight excluding hydrogens is 306 g/mol. The predicted molar refractivity (Wildman–Crippen MR) is 90.1 cm³/mol. The lowest BCUT2D eigenvalue weighted by Gasteiger charge is -2.21. The summed E-state index contributed by atoms with van der Waals surface area (Å²) in [5.41, 5.74) is 1.07. The number of benzene rings is 1. The summed E-state index contributed by atoms with van der Waals surface area (Å²) in [7, 11) is 0. The summed E-state index contributed by atoms with van der Waals surface area (Å²) >= 11 is 7.75. The third kappa shape index (κ3) is 5.80. The number of thioether (sulfide) groups is 1. The van der Waals surface area contributed by atoms with Crippen LogP contribution in [0.15, 0.2) is 24.3 Å². The monoisotopic (exact) mass is 329 g/mol. The average Bonchev–Trinajstić information content (AvgIpc) is 2.95. The predicted octanol–water partition coefficient (Wildman–Crippen LogP) is 3.09.